The molecule has 0 amide bonds. The second-order valence-electron chi connectivity index (χ2n) is 5.74. The van der Waals surface area contributed by atoms with Crippen molar-refractivity contribution in [3.05, 3.63) is 64.2 Å². The van der Waals surface area contributed by atoms with Crippen LogP contribution in [0.1, 0.15) is 34.2 Å². The molecule has 2 aliphatic carbocycles. The van der Waals surface area contributed by atoms with Gasteiger partial charge in [0.05, 0.1) is 0 Å². The van der Waals surface area contributed by atoms with Crippen molar-refractivity contribution in [2.75, 3.05) is 0 Å². The van der Waals surface area contributed by atoms with E-state index in [1.165, 1.54) is 34.2 Å². The van der Waals surface area contributed by atoms with E-state index in [9.17, 15) is 5.11 Å². The van der Waals surface area contributed by atoms with Crippen molar-refractivity contribution in [3.63, 3.8) is 0 Å². The van der Waals surface area contributed by atoms with Crippen molar-refractivity contribution in [2.45, 2.75) is 32.3 Å². The highest BCUT2D eigenvalue weighted by molar-refractivity contribution is 5.77. The molecule has 0 unspecified atom stereocenters. The quantitative estimate of drug-likeness (QED) is 0.727. The van der Waals surface area contributed by atoms with E-state index in [1.807, 2.05) is 6.07 Å². The predicted octanol–water partition coefficient (Wildman–Crippen LogP) is 4.34. The van der Waals surface area contributed by atoms with Crippen LogP contribution in [0.4, 0.5) is 0 Å². The van der Waals surface area contributed by atoms with E-state index in [2.05, 4.69) is 36.4 Å². The fourth-order valence-electron chi connectivity index (χ4n) is 3.60. The minimum atomic E-state index is -0.116. The number of rotatable bonds is 1. The highest BCUT2D eigenvalue weighted by atomic mass is 16.3. The molecule has 20 heavy (non-hydrogen) atoms. The van der Waals surface area contributed by atoms with E-state index < -0.39 is 0 Å². The number of aryl methyl sites for hydroxylation is 1. The number of allylic oxidation sites excluding steroid dienone is 1. The van der Waals surface area contributed by atoms with Crippen molar-refractivity contribution in [2.24, 2.45) is 0 Å². The van der Waals surface area contributed by atoms with Gasteiger partial charge >= 0.3 is 0 Å². The molecule has 0 atom stereocenters. The van der Waals surface area contributed by atoms with Gasteiger partial charge in [-0.3, -0.25) is 0 Å². The lowest BCUT2D eigenvalue weighted by Crippen LogP contribution is -2.10. The Balaban J connectivity index is 1.91. The normalized spacial score (nSPS) is 15.4. The second kappa shape index (κ2) is 4.60. The van der Waals surface area contributed by atoms with E-state index in [0.717, 1.165) is 24.8 Å². The van der Waals surface area contributed by atoms with Crippen LogP contribution in [0.3, 0.4) is 0 Å². The number of hydrogen-bond acceptors (Lipinski definition) is 0. The van der Waals surface area contributed by atoms with Crippen LogP contribution in [0.2, 0.25) is 0 Å². The topological polar surface area (TPSA) is 19.9 Å². The molecular weight excluding hydrogens is 244 g/mol. The molecule has 1 nitrogen and oxygen atoms in total. The van der Waals surface area contributed by atoms with E-state index in [0.29, 0.717) is 0 Å². The average Bonchev–Trinajstić information content (AvgIpc) is 2.53. The Hall–Kier alpha value is -1.86. The highest BCUT2D eigenvalue weighted by Gasteiger charge is 2.21. The molecule has 2 aliphatic rings. The molecule has 1 radical (unpaired) electrons. The van der Waals surface area contributed by atoms with Gasteiger partial charge in [-0.05, 0) is 64.6 Å². The van der Waals surface area contributed by atoms with Crippen LogP contribution in [0, 0.1) is 0 Å². The van der Waals surface area contributed by atoms with Crippen LogP contribution >= 0.6 is 0 Å². The summed E-state index contributed by atoms with van der Waals surface area (Å²) in [5.41, 5.74) is 9.45. The number of fused-ring (bicyclic) bond motifs is 5. The van der Waals surface area contributed by atoms with Crippen LogP contribution < -0.4 is 0 Å². The Labute approximate surface area is 119 Å². The number of hydrogen-bond donors (Lipinski definition) is 0. The predicted molar refractivity (Wildman–Crippen MR) is 81.0 cm³/mol. The summed E-state index contributed by atoms with van der Waals surface area (Å²) in [5, 5.41) is 11.0. The molecule has 0 saturated heterocycles. The molecule has 0 aromatic heterocycles. The summed E-state index contributed by atoms with van der Waals surface area (Å²) in [7, 11) is 0. The van der Waals surface area contributed by atoms with Crippen LogP contribution in [0.5, 0.6) is 0 Å². The molecule has 2 aromatic rings. The average molecular weight is 261 g/mol. The fourth-order valence-corrected chi connectivity index (χ4v) is 3.60. The first-order valence-corrected chi connectivity index (χ1v) is 7.38. The third kappa shape index (κ3) is 1.74. The lowest BCUT2D eigenvalue weighted by Gasteiger charge is -2.25. The fraction of sp³-hybridized carbons (Fsp3) is 0.263. The van der Waals surface area contributed by atoms with Crippen LogP contribution in [0.15, 0.2) is 36.4 Å². The molecule has 0 bridgehead atoms. The maximum absolute atomic E-state index is 11.0. The Morgan fingerprint density at radius 3 is 2.70 bits per heavy atom. The third-order valence-corrected chi connectivity index (χ3v) is 4.60. The van der Waals surface area contributed by atoms with Gasteiger partial charge in [0.1, 0.15) is 6.61 Å². The van der Waals surface area contributed by atoms with Gasteiger partial charge in [0, 0.05) is 0 Å². The zero-order valence-corrected chi connectivity index (χ0v) is 11.5. The molecule has 4 rings (SSSR count). The van der Waals surface area contributed by atoms with Gasteiger partial charge in [-0.1, -0.05) is 42.5 Å². The zero-order chi connectivity index (χ0) is 13.5. The van der Waals surface area contributed by atoms with Gasteiger partial charge in [0.15, 0.2) is 0 Å². The monoisotopic (exact) mass is 261 g/mol. The summed E-state index contributed by atoms with van der Waals surface area (Å²) in [5.74, 6) is 0. The largest absolute Gasteiger partial charge is 0.232 e. The van der Waals surface area contributed by atoms with Gasteiger partial charge in [0.2, 0.25) is 0 Å². The first kappa shape index (κ1) is 11.9. The van der Waals surface area contributed by atoms with Crippen LogP contribution in [0.25, 0.3) is 17.2 Å². The van der Waals surface area contributed by atoms with Crippen molar-refractivity contribution in [1.29, 1.82) is 0 Å². The first-order chi connectivity index (χ1) is 9.86. The lowest BCUT2D eigenvalue weighted by molar-refractivity contribution is 0.177. The molecule has 0 N–H and O–H groups in total. The highest BCUT2D eigenvalue weighted by Crippen LogP contribution is 2.38. The number of benzene rings is 2. The molecule has 1 heteroatoms. The maximum atomic E-state index is 11.0. The van der Waals surface area contributed by atoms with Gasteiger partial charge in [0.25, 0.3) is 0 Å². The first-order valence-electron chi connectivity index (χ1n) is 7.38. The molecule has 99 valence electrons. The maximum Gasteiger partial charge on any atom is 0.107 e. The molecule has 0 saturated carbocycles. The van der Waals surface area contributed by atoms with Crippen molar-refractivity contribution in [3.8, 4) is 11.1 Å². The smallest absolute Gasteiger partial charge is 0.107 e. The summed E-state index contributed by atoms with van der Waals surface area (Å²) < 4.78 is 0. The summed E-state index contributed by atoms with van der Waals surface area (Å²) in [4.78, 5) is 0. The summed E-state index contributed by atoms with van der Waals surface area (Å²) in [6.45, 7) is -0.116. The third-order valence-electron chi connectivity index (χ3n) is 4.60. The molecule has 2 aromatic carbocycles. The Kier molecular flexibility index (Phi) is 2.75. The van der Waals surface area contributed by atoms with Crippen molar-refractivity contribution >= 4 is 6.08 Å². The van der Waals surface area contributed by atoms with Gasteiger partial charge in [-0.2, -0.15) is 0 Å². The minimum absolute atomic E-state index is 0.116. The summed E-state index contributed by atoms with van der Waals surface area (Å²) in [6, 6.07) is 10.7. The van der Waals surface area contributed by atoms with E-state index >= 15 is 0 Å². The molecule has 0 fully saturated rings. The Bertz CT molecular complexity index is 710. The molecular formula is C19H17O. The standard InChI is InChI=1S/C19H17O/c20-12-13-5-8-17-15(11-13)7-10-18-16-4-2-1-3-14(16)6-9-19(17)18/h1,3,5-6,8-9,11H,2,4,7,10,12H2. The second-order valence-corrected chi connectivity index (χ2v) is 5.74. The Morgan fingerprint density at radius 1 is 0.900 bits per heavy atom. The SMILES string of the molecule is [O]Cc1ccc2c(c1)CCc1c-2ccc2c1CCC=C2. The van der Waals surface area contributed by atoms with Crippen LogP contribution in [-0.4, -0.2) is 0 Å². The zero-order valence-electron chi connectivity index (χ0n) is 11.5. The van der Waals surface area contributed by atoms with Gasteiger partial charge in [-0.15, -0.1) is 0 Å². The summed E-state index contributed by atoms with van der Waals surface area (Å²) in [6.07, 6.45) is 9.04. The summed E-state index contributed by atoms with van der Waals surface area (Å²) >= 11 is 0. The minimum Gasteiger partial charge on any atom is -0.232 e. The van der Waals surface area contributed by atoms with Crippen molar-refractivity contribution < 1.29 is 5.11 Å². The van der Waals surface area contributed by atoms with E-state index in [1.54, 1.807) is 5.56 Å². The van der Waals surface area contributed by atoms with Gasteiger partial charge < -0.3 is 0 Å². The molecule has 0 aliphatic heterocycles. The molecule has 0 spiro atoms. The molecule has 0 heterocycles. The lowest BCUT2D eigenvalue weighted by atomic mass is 9.79. The van der Waals surface area contributed by atoms with Gasteiger partial charge in [-0.25, -0.2) is 5.11 Å². The van der Waals surface area contributed by atoms with Crippen molar-refractivity contribution in [1.82, 2.24) is 0 Å². The van der Waals surface area contributed by atoms with E-state index in [-0.39, 0.29) is 6.61 Å². The van der Waals surface area contributed by atoms with E-state index in [4.69, 9.17) is 0 Å². The van der Waals surface area contributed by atoms with Crippen LogP contribution in [-0.2, 0) is 31.0 Å². The Morgan fingerprint density at radius 2 is 1.80 bits per heavy atom.